The summed E-state index contributed by atoms with van der Waals surface area (Å²) in [6.45, 7) is 0. The zero-order chi connectivity index (χ0) is 13.7. The molecule has 0 radical (unpaired) electrons. The number of urea groups is 1. The van der Waals surface area contributed by atoms with Gasteiger partial charge in [0.1, 0.15) is 5.54 Å². The van der Waals surface area contributed by atoms with Gasteiger partial charge in [-0.15, -0.1) is 0 Å². The molecular formula is C14H24N2O3. The standard InChI is InChI=1S/C14H24N2O3/c17-12(18)14(9-6-10-14)16-13(19)15-11-7-4-2-1-3-5-8-11/h11H,1-10H2,(H,17,18)(H2,15,16,19). The molecule has 5 nitrogen and oxygen atoms in total. The fourth-order valence-electron chi connectivity index (χ4n) is 2.96. The molecule has 0 unspecified atom stereocenters. The third-order valence-electron chi connectivity index (χ3n) is 4.41. The molecule has 0 spiro atoms. The predicted molar refractivity (Wildman–Crippen MR) is 72.0 cm³/mol. The van der Waals surface area contributed by atoms with Gasteiger partial charge in [0.25, 0.3) is 0 Å². The Balaban J connectivity index is 1.81. The van der Waals surface area contributed by atoms with Gasteiger partial charge in [0.15, 0.2) is 0 Å². The molecule has 2 aliphatic rings. The average molecular weight is 268 g/mol. The van der Waals surface area contributed by atoms with E-state index >= 15 is 0 Å². The molecule has 0 aromatic heterocycles. The first-order valence-corrected chi connectivity index (χ1v) is 7.44. The molecule has 0 saturated heterocycles. The van der Waals surface area contributed by atoms with Crippen molar-refractivity contribution < 1.29 is 14.7 Å². The van der Waals surface area contributed by atoms with Crippen molar-refractivity contribution in [2.24, 2.45) is 0 Å². The van der Waals surface area contributed by atoms with E-state index in [1.54, 1.807) is 0 Å². The van der Waals surface area contributed by atoms with E-state index in [4.69, 9.17) is 0 Å². The maximum absolute atomic E-state index is 11.9. The third kappa shape index (κ3) is 3.61. The van der Waals surface area contributed by atoms with E-state index in [-0.39, 0.29) is 12.1 Å². The van der Waals surface area contributed by atoms with E-state index in [9.17, 15) is 14.7 Å². The van der Waals surface area contributed by atoms with Crippen LogP contribution in [0, 0.1) is 0 Å². The topological polar surface area (TPSA) is 78.4 Å². The van der Waals surface area contributed by atoms with Crippen LogP contribution in [-0.4, -0.2) is 28.7 Å². The summed E-state index contributed by atoms with van der Waals surface area (Å²) in [6.07, 6.45) is 10.0. The van der Waals surface area contributed by atoms with Gasteiger partial charge in [0, 0.05) is 6.04 Å². The summed E-state index contributed by atoms with van der Waals surface area (Å²) in [6, 6.07) is -0.112. The first kappa shape index (κ1) is 14.2. The van der Waals surface area contributed by atoms with E-state index in [0.717, 1.165) is 32.1 Å². The molecule has 3 N–H and O–H groups in total. The number of hydrogen-bond acceptors (Lipinski definition) is 2. The van der Waals surface area contributed by atoms with Gasteiger partial charge in [0.05, 0.1) is 0 Å². The number of nitrogens with one attached hydrogen (secondary N) is 2. The van der Waals surface area contributed by atoms with Crippen LogP contribution in [0.25, 0.3) is 0 Å². The minimum atomic E-state index is -1.01. The monoisotopic (exact) mass is 268 g/mol. The molecule has 5 heteroatoms. The molecule has 2 aliphatic carbocycles. The lowest BCUT2D eigenvalue weighted by molar-refractivity contribution is -0.148. The SMILES string of the molecule is O=C(NC1CCCCCCC1)NC1(C(=O)O)CCC1. The smallest absolute Gasteiger partial charge is 0.329 e. The molecule has 2 amide bonds. The number of rotatable bonds is 3. The molecule has 0 bridgehead atoms. The van der Waals surface area contributed by atoms with Crippen molar-refractivity contribution in [1.29, 1.82) is 0 Å². The Morgan fingerprint density at radius 1 is 0.947 bits per heavy atom. The highest BCUT2D eigenvalue weighted by molar-refractivity contribution is 5.87. The molecule has 19 heavy (non-hydrogen) atoms. The summed E-state index contributed by atoms with van der Waals surface area (Å²) in [5, 5.41) is 14.8. The maximum Gasteiger partial charge on any atom is 0.329 e. The highest BCUT2D eigenvalue weighted by Crippen LogP contribution is 2.32. The molecule has 0 atom stereocenters. The average Bonchev–Trinajstić information content (AvgIpc) is 2.26. The zero-order valence-electron chi connectivity index (χ0n) is 11.4. The molecule has 0 aliphatic heterocycles. The summed E-state index contributed by atoms with van der Waals surface area (Å²) in [5.74, 6) is -0.911. The Kier molecular flexibility index (Phi) is 4.66. The van der Waals surface area contributed by atoms with Crippen LogP contribution in [0.15, 0.2) is 0 Å². The first-order chi connectivity index (χ1) is 9.12. The largest absolute Gasteiger partial charge is 0.480 e. The lowest BCUT2D eigenvalue weighted by Gasteiger charge is -2.38. The van der Waals surface area contributed by atoms with Crippen molar-refractivity contribution in [2.75, 3.05) is 0 Å². The van der Waals surface area contributed by atoms with Gasteiger partial charge in [-0.3, -0.25) is 0 Å². The molecule has 0 heterocycles. The fourth-order valence-corrected chi connectivity index (χ4v) is 2.96. The molecule has 108 valence electrons. The lowest BCUT2D eigenvalue weighted by atomic mass is 9.77. The van der Waals surface area contributed by atoms with Crippen LogP contribution in [0.3, 0.4) is 0 Å². The second kappa shape index (κ2) is 6.26. The zero-order valence-corrected chi connectivity index (χ0v) is 11.4. The van der Waals surface area contributed by atoms with Crippen LogP contribution in [-0.2, 0) is 4.79 Å². The minimum Gasteiger partial charge on any atom is -0.480 e. The first-order valence-electron chi connectivity index (χ1n) is 7.44. The second-order valence-corrected chi connectivity index (χ2v) is 5.88. The van der Waals surface area contributed by atoms with Crippen LogP contribution in [0.4, 0.5) is 4.79 Å². The van der Waals surface area contributed by atoms with Crippen LogP contribution in [0.5, 0.6) is 0 Å². The summed E-state index contributed by atoms with van der Waals surface area (Å²) < 4.78 is 0. The number of hydrogen-bond donors (Lipinski definition) is 3. The van der Waals surface area contributed by atoms with Crippen LogP contribution in [0.2, 0.25) is 0 Å². The molecule has 2 rings (SSSR count). The van der Waals surface area contributed by atoms with Gasteiger partial charge in [-0.2, -0.15) is 0 Å². The van der Waals surface area contributed by atoms with Crippen molar-refractivity contribution in [2.45, 2.75) is 75.8 Å². The van der Waals surface area contributed by atoms with E-state index in [2.05, 4.69) is 10.6 Å². The van der Waals surface area contributed by atoms with Crippen LogP contribution in [0.1, 0.15) is 64.2 Å². The van der Waals surface area contributed by atoms with Crippen molar-refractivity contribution in [3.8, 4) is 0 Å². The summed E-state index contributed by atoms with van der Waals surface area (Å²) in [5.41, 5.74) is -1.01. The quantitative estimate of drug-likeness (QED) is 0.735. The van der Waals surface area contributed by atoms with E-state index in [0.29, 0.717) is 12.8 Å². The van der Waals surface area contributed by atoms with E-state index in [1.807, 2.05) is 0 Å². The molecule has 2 saturated carbocycles. The van der Waals surface area contributed by atoms with Gasteiger partial charge < -0.3 is 15.7 Å². The van der Waals surface area contributed by atoms with Crippen molar-refractivity contribution in [1.82, 2.24) is 10.6 Å². The summed E-state index contributed by atoms with van der Waals surface area (Å²) in [4.78, 5) is 23.1. The Hall–Kier alpha value is -1.26. The lowest BCUT2D eigenvalue weighted by Crippen LogP contribution is -2.62. The number of carbonyl (C=O) groups is 2. The van der Waals surface area contributed by atoms with Crippen molar-refractivity contribution in [3.05, 3.63) is 0 Å². The van der Waals surface area contributed by atoms with Gasteiger partial charge in [-0.25, -0.2) is 9.59 Å². The van der Waals surface area contributed by atoms with Crippen molar-refractivity contribution >= 4 is 12.0 Å². The van der Waals surface area contributed by atoms with Crippen molar-refractivity contribution in [3.63, 3.8) is 0 Å². The number of amides is 2. The Morgan fingerprint density at radius 2 is 1.53 bits per heavy atom. The Morgan fingerprint density at radius 3 is 2.00 bits per heavy atom. The van der Waals surface area contributed by atoms with E-state index < -0.39 is 11.5 Å². The van der Waals surface area contributed by atoms with Gasteiger partial charge in [0.2, 0.25) is 0 Å². The summed E-state index contributed by atoms with van der Waals surface area (Å²) in [7, 11) is 0. The number of carbonyl (C=O) groups excluding carboxylic acids is 1. The van der Waals surface area contributed by atoms with Crippen LogP contribution >= 0.6 is 0 Å². The highest BCUT2D eigenvalue weighted by Gasteiger charge is 2.45. The van der Waals surface area contributed by atoms with Gasteiger partial charge in [-0.1, -0.05) is 32.1 Å². The number of carboxylic acids is 1. The van der Waals surface area contributed by atoms with Gasteiger partial charge >= 0.3 is 12.0 Å². The molecule has 0 aromatic rings. The fraction of sp³-hybridized carbons (Fsp3) is 0.857. The predicted octanol–water partition coefficient (Wildman–Crippen LogP) is 2.41. The normalized spacial score (nSPS) is 23.6. The Bertz CT molecular complexity index is 332. The summed E-state index contributed by atoms with van der Waals surface area (Å²) >= 11 is 0. The Labute approximate surface area is 114 Å². The molecular weight excluding hydrogens is 244 g/mol. The minimum absolute atomic E-state index is 0.200. The molecule has 2 fully saturated rings. The molecule has 0 aromatic carbocycles. The van der Waals surface area contributed by atoms with Crippen LogP contribution < -0.4 is 10.6 Å². The number of aliphatic carboxylic acids is 1. The van der Waals surface area contributed by atoms with E-state index in [1.165, 1.54) is 19.3 Å². The third-order valence-corrected chi connectivity index (χ3v) is 4.41. The highest BCUT2D eigenvalue weighted by atomic mass is 16.4. The number of carboxylic acid groups (broad SMARTS) is 1. The van der Waals surface area contributed by atoms with Gasteiger partial charge in [-0.05, 0) is 32.1 Å². The second-order valence-electron chi connectivity index (χ2n) is 5.88. The maximum atomic E-state index is 11.9.